The van der Waals surface area contributed by atoms with Crippen molar-refractivity contribution in [1.29, 1.82) is 0 Å². The van der Waals surface area contributed by atoms with Crippen molar-refractivity contribution in [2.45, 2.75) is 12.6 Å². The third kappa shape index (κ3) is 6.60. The second-order valence-electron chi connectivity index (χ2n) is 6.73. The maximum atomic E-state index is 12.9. The van der Waals surface area contributed by atoms with E-state index in [2.05, 4.69) is 37.5 Å². The minimum atomic E-state index is -4.57. The van der Waals surface area contributed by atoms with Crippen LogP contribution in [0.25, 0.3) is 11.4 Å². The molecule has 0 aliphatic rings. The Bertz CT molecular complexity index is 1190. The summed E-state index contributed by atoms with van der Waals surface area (Å²) < 4.78 is 45.9. The summed E-state index contributed by atoms with van der Waals surface area (Å²) in [4.78, 5) is 28.7. The Balaban J connectivity index is 1.82. The number of benzene rings is 1. The van der Waals surface area contributed by atoms with Gasteiger partial charge < -0.3 is 20.4 Å². The van der Waals surface area contributed by atoms with Crippen LogP contribution >= 0.6 is 0 Å². The normalized spacial score (nSPS) is 10.8. The number of H-pyrrole nitrogens is 1. The van der Waals surface area contributed by atoms with Crippen molar-refractivity contribution in [2.75, 3.05) is 18.5 Å². The predicted molar refractivity (Wildman–Crippen MR) is 112 cm³/mol. The Morgan fingerprint density at radius 3 is 2.82 bits per heavy atom. The first-order chi connectivity index (χ1) is 15.8. The third-order valence-electron chi connectivity index (χ3n) is 4.21. The van der Waals surface area contributed by atoms with Gasteiger partial charge in [0.05, 0.1) is 30.3 Å². The maximum Gasteiger partial charge on any atom is 0.432 e. The number of anilines is 1. The summed E-state index contributed by atoms with van der Waals surface area (Å²) >= 11 is 0. The number of alkyl halides is 3. The molecule has 0 atom stereocenters. The van der Waals surface area contributed by atoms with Gasteiger partial charge in [-0.2, -0.15) is 18.3 Å². The average molecular weight is 460 g/mol. The summed E-state index contributed by atoms with van der Waals surface area (Å²) in [7, 11) is 1.71. The number of aryl methyl sites for hydroxylation is 1. The number of hydrogen-bond donors (Lipinski definition) is 3. The zero-order chi connectivity index (χ0) is 23.8. The topological polar surface area (TPSA) is 114 Å². The number of rotatable bonds is 8. The Morgan fingerprint density at radius 1 is 1.33 bits per heavy atom. The Hall–Kier alpha value is -4.27. The molecule has 1 aromatic carbocycles. The molecule has 3 N–H and O–H groups in total. The molecular formula is C21H19F3N6O3. The minimum absolute atomic E-state index is 0.0269. The number of aromatic amines is 1. The molecule has 12 heteroatoms. The van der Waals surface area contributed by atoms with Gasteiger partial charge in [-0.1, -0.05) is 5.92 Å². The number of aromatic nitrogens is 4. The van der Waals surface area contributed by atoms with Crippen LogP contribution < -0.4 is 15.4 Å². The lowest BCUT2D eigenvalue weighted by atomic mass is 10.1. The number of imidazole rings is 1. The van der Waals surface area contributed by atoms with Gasteiger partial charge in [-0.25, -0.2) is 4.98 Å². The van der Waals surface area contributed by atoms with Crippen molar-refractivity contribution in [3.05, 3.63) is 48.0 Å². The zero-order valence-corrected chi connectivity index (χ0v) is 17.4. The van der Waals surface area contributed by atoms with Crippen molar-refractivity contribution < 1.29 is 27.5 Å². The van der Waals surface area contributed by atoms with E-state index in [4.69, 9.17) is 4.74 Å². The third-order valence-corrected chi connectivity index (χ3v) is 4.21. The van der Waals surface area contributed by atoms with Gasteiger partial charge in [-0.05, 0) is 24.6 Å². The molecule has 2 heterocycles. The highest BCUT2D eigenvalue weighted by Gasteiger charge is 2.33. The first-order valence-electron chi connectivity index (χ1n) is 9.64. The first kappa shape index (κ1) is 23.4. The van der Waals surface area contributed by atoms with Gasteiger partial charge in [-0.15, -0.1) is 0 Å². The van der Waals surface area contributed by atoms with Gasteiger partial charge in [0.2, 0.25) is 6.41 Å². The van der Waals surface area contributed by atoms with Crippen molar-refractivity contribution in [3.63, 3.8) is 0 Å². The van der Waals surface area contributed by atoms with Crippen LogP contribution in [-0.4, -0.2) is 45.2 Å². The molecule has 33 heavy (non-hydrogen) atoms. The Kier molecular flexibility index (Phi) is 7.34. The van der Waals surface area contributed by atoms with Gasteiger partial charge in [-0.3, -0.25) is 14.3 Å². The molecule has 2 amide bonds. The second kappa shape index (κ2) is 10.4. The van der Waals surface area contributed by atoms with E-state index in [9.17, 15) is 22.8 Å². The number of amides is 2. The van der Waals surface area contributed by atoms with Gasteiger partial charge >= 0.3 is 12.1 Å². The summed E-state index contributed by atoms with van der Waals surface area (Å²) in [6.07, 6.45) is 0.331. The lowest BCUT2D eigenvalue weighted by Gasteiger charge is -2.13. The minimum Gasteiger partial charge on any atom is -0.491 e. The molecule has 3 aromatic rings. The van der Waals surface area contributed by atoms with Crippen molar-refractivity contribution >= 4 is 18.0 Å². The molecule has 0 bridgehead atoms. The van der Waals surface area contributed by atoms with Crippen LogP contribution in [0.2, 0.25) is 0 Å². The maximum absolute atomic E-state index is 12.9. The lowest BCUT2D eigenvalue weighted by Crippen LogP contribution is -2.15. The first-order valence-corrected chi connectivity index (χ1v) is 9.64. The lowest BCUT2D eigenvalue weighted by molar-refractivity contribution is -0.140. The molecule has 0 saturated heterocycles. The van der Waals surface area contributed by atoms with E-state index >= 15 is 0 Å². The van der Waals surface area contributed by atoms with Gasteiger partial charge in [0.15, 0.2) is 0 Å². The number of carbonyl (C=O) groups excluding carboxylic acids is 2. The smallest absolute Gasteiger partial charge is 0.432 e. The number of hydrogen-bond acceptors (Lipinski definition) is 5. The standard InChI is InChI=1S/C21H19F3N6O3/c1-30-12-14(10-27-30)3-6-19(32)28-16-9-15(20-26-11-18(29-20)21(22,23)24)4-5-17(16)33-8-2-7-25-13-31/h4-5,9-13H,2,7-8H2,1H3,(H,25,31)(H,26,29)(H,28,32). The molecule has 0 spiro atoms. The van der Waals surface area contributed by atoms with E-state index in [0.717, 1.165) is 0 Å². The zero-order valence-electron chi connectivity index (χ0n) is 17.4. The van der Waals surface area contributed by atoms with E-state index in [1.54, 1.807) is 13.2 Å². The van der Waals surface area contributed by atoms with Gasteiger partial charge in [0, 0.05) is 31.3 Å². The summed E-state index contributed by atoms with van der Waals surface area (Å²) in [6.45, 7) is 0.621. The molecule has 0 aliphatic heterocycles. The van der Waals surface area contributed by atoms with Crippen molar-refractivity contribution in [1.82, 2.24) is 25.1 Å². The van der Waals surface area contributed by atoms with E-state index < -0.39 is 17.8 Å². The molecule has 0 saturated carbocycles. The van der Waals surface area contributed by atoms with Crippen LogP contribution in [0.3, 0.4) is 0 Å². The van der Waals surface area contributed by atoms with Gasteiger partial charge in [0.1, 0.15) is 17.3 Å². The summed E-state index contributed by atoms with van der Waals surface area (Å²) in [5.74, 6) is 4.69. The van der Waals surface area contributed by atoms with E-state index in [0.29, 0.717) is 36.7 Å². The van der Waals surface area contributed by atoms with Gasteiger partial charge in [0.25, 0.3) is 0 Å². The van der Waals surface area contributed by atoms with Crippen LogP contribution in [0.1, 0.15) is 17.7 Å². The predicted octanol–water partition coefficient (Wildman–Crippen LogP) is 2.33. The second-order valence-corrected chi connectivity index (χ2v) is 6.73. The number of nitrogens with zero attached hydrogens (tertiary/aromatic N) is 3. The molecule has 0 radical (unpaired) electrons. The summed E-state index contributed by atoms with van der Waals surface area (Å²) in [6, 6.07) is 4.44. The largest absolute Gasteiger partial charge is 0.491 e. The highest BCUT2D eigenvalue weighted by molar-refractivity contribution is 6.05. The highest BCUT2D eigenvalue weighted by atomic mass is 19.4. The quantitative estimate of drug-likeness (QED) is 0.271. The molecule has 0 unspecified atom stereocenters. The molecule has 0 aliphatic carbocycles. The fourth-order valence-electron chi connectivity index (χ4n) is 2.70. The number of nitrogens with one attached hydrogen (secondary N) is 3. The molecule has 3 rings (SSSR count). The van der Waals surface area contributed by atoms with Crippen molar-refractivity contribution in [2.24, 2.45) is 7.05 Å². The van der Waals surface area contributed by atoms with Crippen molar-refractivity contribution in [3.8, 4) is 29.0 Å². The van der Waals surface area contributed by atoms with E-state index in [1.807, 2.05) is 0 Å². The van der Waals surface area contributed by atoms with Crippen LogP contribution in [-0.2, 0) is 22.8 Å². The molecule has 2 aromatic heterocycles. The van der Waals surface area contributed by atoms with E-state index in [1.165, 1.54) is 29.1 Å². The molecule has 9 nitrogen and oxygen atoms in total. The highest BCUT2D eigenvalue weighted by Crippen LogP contribution is 2.32. The van der Waals surface area contributed by atoms with Crippen LogP contribution in [0.15, 0.2) is 36.8 Å². The molecule has 0 fully saturated rings. The Morgan fingerprint density at radius 2 is 2.15 bits per heavy atom. The molecule has 172 valence electrons. The Labute approximate surface area is 186 Å². The monoisotopic (exact) mass is 460 g/mol. The number of halogens is 3. The van der Waals surface area contributed by atoms with Crippen LogP contribution in [0, 0.1) is 11.8 Å². The number of carbonyl (C=O) groups is 2. The fourth-order valence-corrected chi connectivity index (χ4v) is 2.70. The van der Waals surface area contributed by atoms with Crippen LogP contribution in [0.5, 0.6) is 5.75 Å². The number of ether oxygens (including phenoxy) is 1. The molecular weight excluding hydrogens is 441 g/mol. The van der Waals surface area contributed by atoms with Crippen LogP contribution in [0.4, 0.5) is 18.9 Å². The SMILES string of the molecule is Cn1cc(C#CC(=O)Nc2cc(-c3ncc(C(F)(F)F)[nH]3)ccc2OCCCNC=O)cn1. The summed E-state index contributed by atoms with van der Waals surface area (Å²) in [5, 5.41) is 9.04. The average Bonchev–Trinajstić information content (AvgIpc) is 3.42. The fraction of sp³-hybridized carbons (Fsp3) is 0.238. The summed E-state index contributed by atoms with van der Waals surface area (Å²) in [5.41, 5.74) is 0.0477. The van der Waals surface area contributed by atoms with E-state index in [-0.39, 0.29) is 23.9 Å².